The molecule has 1 aliphatic rings. The maximum Gasteiger partial charge on any atom is 0.246 e. The van der Waals surface area contributed by atoms with Crippen molar-refractivity contribution in [1.29, 1.82) is 0 Å². The quantitative estimate of drug-likeness (QED) is 0.369. The molecular formula is C21H28IN5O. The normalized spacial score (nSPS) is 16.4. The molecule has 0 saturated carbocycles. The van der Waals surface area contributed by atoms with Gasteiger partial charge in [0.25, 0.3) is 0 Å². The van der Waals surface area contributed by atoms with Crippen molar-refractivity contribution < 1.29 is 4.79 Å². The Bertz CT molecular complexity index is 754. The highest BCUT2D eigenvalue weighted by atomic mass is 127. The minimum Gasteiger partial charge on any atom is -0.357 e. The Morgan fingerprint density at radius 2 is 2.07 bits per heavy atom. The Kier molecular flexibility index (Phi) is 9.19. The van der Waals surface area contributed by atoms with E-state index in [1.807, 2.05) is 13.0 Å². The topological polar surface area (TPSA) is 69.6 Å². The van der Waals surface area contributed by atoms with Crippen LogP contribution in [0.4, 0.5) is 5.69 Å². The van der Waals surface area contributed by atoms with Gasteiger partial charge in [0.05, 0.1) is 11.9 Å². The molecule has 1 amide bonds. The van der Waals surface area contributed by atoms with E-state index in [1.54, 1.807) is 18.5 Å². The van der Waals surface area contributed by atoms with E-state index in [2.05, 4.69) is 55.8 Å². The van der Waals surface area contributed by atoms with Crippen LogP contribution in [0.25, 0.3) is 0 Å². The second-order valence-corrected chi connectivity index (χ2v) is 6.75. The van der Waals surface area contributed by atoms with E-state index < -0.39 is 0 Å². The van der Waals surface area contributed by atoms with Crippen molar-refractivity contribution in [3.8, 4) is 0 Å². The number of carbonyl (C=O) groups is 1. The van der Waals surface area contributed by atoms with Gasteiger partial charge in [-0.1, -0.05) is 30.3 Å². The van der Waals surface area contributed by atoms with Gasteiger partial charge in [-0.3, -0.25) is 9.78 Å². The van der Waals surface area contributed by atoms with Crippen molar-refractivity contribution in [2.75, 3.05) is 31.5 Å². The summed E-state index contributed by atoms with van der Waals surface area (Å²) >= 11 is 0. The molecule has 1 unspecified atom stereocenters. The molecule has 6 nitrogen and oxygen atoms in total. The van der Waals surface area contributed by atoms with Gasteiger partial charge < -0.3 is 15.5 Å². The average molecular weight is 493 g/mol. The highest BCUT2D eigenvalue weighted by Crippen LogP contribution is 2.20. The number of pyridine rings is 1. The third-order valence-corrected chi connectivity index (χ3v) is 4.61. The summed E-state index contributed by atoms with van der Waals surface area (Å²) in [6.07, 6.45) is 5.53. The molecule has 1 saturated heterocycles. The van der Waals surface area contributed by atoms with Crippen LogP contribution in [0.3, 0.4) is 0 Å². The number of rotatable bonds is 6. The first-order valence-electron chi connectivity index (χ1n) is 9.51. The van der Waals surface area contributed by atoms with Crippen molar-refractivity contribution in [1.82, 2.24) is 15.2 Å². The van der Waals surface area contributed by atoms with Crippen LogP contribution in [0.15, 0.2) is 59.9 Å². The van der Waals surface area contributed by atoms with Gasteiger partial charge in [-0.05, 0) is 43.4 Å². The van der Waals surface area contributed by atoms with Crippen LogP contribution < -0.4 is 10.6 Å². The maximum atomic E-state index is 12.1. The zero-order valence-electron chi connectivity index (χ0n) is 16.2. The summed E-state index contributed by atoms with van der Waals surface area (Å²) in [6.45, 7) is 4.85. The number of likely N-dealkylation sites (tertiary alicyclic amines) is 1. The van der Waals surface area contributed by atoms with Crippen molar-refractivity contribution >= 4 is 41.5 Å². The molecule has 1 aliphatic heterocycles. The van der Waals surface area contributed by atoms with E-state index in [1.165, 1.54) is 5.56 Å². The van der Waals surface area contributed by atoms with E-state index in [-0.39, 0.29) is 36.4 Å². The molecule has 7 heteroatoms. The number of nitrogens with zero attached hydrogens (tertiary/aromatic N) is 3. The third-order valence-electron chi connectivity index (χ3n) is 4.61. The highest BCUT2D eigenvalue weighted by molar-refractivity contribution is 14.0. The van der Waals surface area contributed by atoms with Gasteiger partial charge in [0, 0.05) is 25.8 Å². The summed E-state index contributed by atoms with van der Waals surface area (Å²) in [5.41, 5.74) is 2.06. The van der Waals surface area contributed by atoms with Gasteiger partial charge >= 0.3 is 0 Å². The van der Waals surface area contributed by atoms with Crippen LogP contribution in [-0.4, -0.2) is 47.9 Å². The lowest BCUT2D eigenvalue weighted by Gasteiger charge is -2.21. The van der Waals surface area contributed by atoms with Crippen LogP contribution in [-0.2, 0) is 11.2 Å². The molecule has 150 valence electrons. The van der Waals surface area contributed by atoms with E-state index in [0.29, 0.717) is 11.6 Å². The van der Waals surface area contributed by atoms with Gasteiger partial charge in [0.1, 0.15) is 6.54 Å². The third kappa shape index (κ3) is 6.78. The maximum absolute atomic E-state index is 12.1. The second kappa shape index (κ2) is 11.6. The lowest BCUT2D eigenvalue weighted by Crippen LogP contribution is -2.40. The van der Waals surface area contributed by atoms with Crippen LogP contribution in [0.2, 0.25) is 0 Å². The summed E-state index contributed by atoms with van der Waals surface area (Å²) in [6, 6.07) is 14.2. The molecule has 2 aromatic rings. The molecule has 1 fully saturated rings. The molecule has 0 radical (unpaired) electrons. The first kappa shape index (κ1) is 22.1. The smallest absolute Gasteiger partial charge is 0.246 e. The fraction of sp³-hybridized carbons (Fsp3) is 0.381. The predicted molar refractivity (Wildman–Crippen MR) is 124 cm³/mol. The Morgan fingerprint density at radius 1 is 1.25 bits per heavy atom. The van der Waals surface area contributed by atoms with E-state index in [9.17, 15) is 4.79 Å². The van der Waals surface area contributed by atoms with Gasteiger partial charge in [0.2, 0.25) is 5.91 Å². The molecule has 1 atom stereocenters. The molecule has 0 aliphatic carbocycles. The SMILES string of the molecule is CCNC(=NCC(=O)Nc1cccnc1)N1CCC(Cc2ccccc2)C1.I. The number of halogens is 1. The first-order valence-corrected chi connectivity index (χ1v) is 9.51. The molecule has 2 heterocycles. The molecule has 1 aromatic heterocycles. The van der Waals surface area contributed by atoms with Gasteiger partial charge in [-0.15, -0.1) is 24.0 Å². The Hall–Kier alpha value is -2.16. The van der Waals surface area contributed by atoms with E-state index in [0.717, 1.165) is 38.4 Å². The minimum atomic E-state index is -0.140. The van der Waals surface area contributed by atoms with Crippen LogP contribution in [0.1, 0.15) is 18.9 Å². The Morgan fingerprint density at radius 3 is 2.79 bits per heavy atom. The molecule has 0 spiro atoms. The van der Waals surface area contributed by atoms with Gasteiger partial charge in [-0.25, -0.2) is 4.99 Å². The largest absolute Gasteiger partial charge is 0.357 e. The zero-order chi connectivity index (χ0) is 18.9. The first-order chi connectivity index (χ1) is 13.2. The zero-order valence-corrected chi connectivity index (χ0v) is 18.5. The number of carbonyl (C=O) groups excluding carboxylic acids is 1. The monoisotopic (exact) mass is 493 g/mol. The number of benzene rings is 1. The number of aromatic nitrogens is 1. The fourth-order valence-electron chi connectivity index (χ4n) is 3.35. The molecular weight excluding hydrogens is 465 g/mol. The van der Waals surface area contributed by atoms with Crippen LogP contribution >= 0.6 is 24.0 Å². The summed E-state index contributed by atoms with van der Waals surface area (Å²) in [7, 11) is 0. The Labute approximate surface area is 183 Å². The van der Waals surface area contributed by atoms with E-state index >= 15 is 0 Å². The van der Waals surface area contributed by atoms with Gasteiger partial charge in [-0.2, -0.15) is 0 Å². The number of amides is 1. The van der Waals surface area contributed by atoms with Crippen LogP contribution in [0.5, 0.6) is 0 Å². The molecule has 1 aromatic carbocycles. The lowest BCUT2D eigenvalue weighted by molar-refractivity contribution is -0.114. The average Bonchev–Trinajstić information content (AvgIpc) is 3.15. The predicted octanol–water partition coefficient (Wildman–Crippen LogP) is 3.17. The number of guanidine groups is 1. The summed E-state index contributed by atoms with van der Waals surface area (Å²) in [4.78, 5) is 22.9. The van der Waals surface area contributed by atoms with Crippen LogP contribution in [0, 0.1) is 5.92 Å². The molecule has 2 N–H and O–H groups in total. The van der Waals surface area contributed by atoms with E-state index in [4.69, 9.17) is 0 Å². The number of hydrogen-bond donors (Lipinski definition) is 2. The summed E-state index contributed by atoms with van der Waals surface area (Å²) in [5.74, 6) is 1.29. The fourth-order valence-corrected chi connectivity index (χ4v) is 3.35. The highest BCUT2D eigenvalue weighted by Gasteiger charge is 2.25. The second-order valence-electron chi connectivity index (χ2n) is 6.75. The molecule has 3 rings (SSSR count). The minimum absolute atomic E-state index is 0. The lowest BCUT2D eigenvalue weighted by atomic mass is 9.99. The summed E-state index contributed by atoms with van der Waals surface area (Å²) in [5, 5.41) is 6.13. The number of hydrogen-bond acceptors (Lipinski definition) is 3. The summed E-state index contributed by atoms with van der Waals surface area (Å²) < 4.78 is 0. The van der Waals surface area contributed by atoms with Gasteiger partial charge in [0.15, 0.2) is 5.96 Å². The number of anilines is 1. The van der Waals surface area contributed by atoms with Crippen molar-refractivity contribution in [2.45, 2.75) is 19.8 Å². The Balaban J connectivity index is 0.00000280. The van der Waals surface area contributed by atoms with Crippen molar-refractivity contribution in [3.05, 3.63) is 60.4 Å². The molecule has 28 heavy (non-hydrogen) atoms. The standard InChI is InChI=1S/C21H27N5O.HI/c1-2-23-21(24-15-20(27)25-19-9-6-11-22-14-19)26-12-10-18(16-26)13-17-7-4-3-5-8-17;/h3-9,11,14,18H,2,10,12-13,15-16H2,1H3,(H,23,24)(H,25,27);1H. The van der Waals surface area contributed by atoms with Crippen molar-refractivity contribution in [3.63, 3.8) is 0 Å². The number of aliphatic imine (C=N–C) groups is 1. The number of nitrogens with one attached hydrogen (secondary N) is 2. The van der Waals surface area contributed by atoms with Crippen molar-refractivity contribution in [2.24, 2.45) is 10.9 Å². The molecule has 0 bridgehead atoms.